The Morgan fingerprint density at radius 2 is 1.53 bits per heavy atom. The Labute approximate surface area is 249 Å². The van der Waals surface area contributed by atoms with Gasteiger partial charge in [0.05, 0.1) is 24.6 Å². The number of carbonyl (C=O) groups is 1. The number of ether oxygens (including phenoxy) is 1. The Bertz CT molecular complexity index is 1660. The molecule has 3 aromatic carbocycles. The number of aliphatic hydroxyl groups is 1. The van der Waals surface area contributed by atoms with Crippen LogP contribution in [-0.2, 0) is 15.1 Å². The highest BCUT2D eigenvalue weighted by molar-refractivity contribution is 5.91. The Balaban J connectivity index is 1.51. The van der Waals surface area contributed by atoms with Gasteiger partial charge in [0.1, 0.15) is 6.23 Å². The minimum absolute atomic E-state index is 0.0385. The number of anilines is 1. The zero-order valence-electron chi connectivity index (χ0n) is 24.1. The SMILES string of the molecule is CC(C)C(=O)Nc1nc2c(ncn2C2CN(C(c3ccccc3)(c3ccccc3)c3ccccc3)CC(CO)O2)c(=O)[nH]1. The van der Waals surface area contributed by atoms with Crippen LogP contribution in [0.5, 0.6) is 0 Å². The van der Waals surface area contributed by atoms with Gasteiger partial charge in [0.15, 0.2) is 11.2 Å². The van der Waals surface area contributed by atoms with E-state index in [0.717, 1.165) is 16.7 Å². The Morgan fingerprint density at radius 3 is 2.05 bits per heavy atom. The van der Waals surface area contributed by atoms with Gasteiger partial charge in [-0.3, -0.25) is 29.4 Å². The summed E-state index contributed by atoms with van der Waals surface area (Å²) >= 11 is 0. The molecule has 6 rings (SSSR count). The van der Waals surface area contributed by atoms with Crippen molar-refractivity contribution in [1.82, 2.24) is 24.4 Å². The van der Waals surface area contributed by atoms with Crippen molar-refractivity contribution in [1.29, 1.82) is 0 Å². The molecule has 5 aromatic rings. The maximum Gasteiger partial charge on any atom is 0.280 e. The number of nitrogens with one attached hydrogen (secondary N) is 2. The molecule has 0 aliphatic carbocycles. The summed E-state index contributed by atoms with van der Waals surface area (Å²) in [7, 11) is 0. The number of amides is 1. The molecule has 220 valence electrons. The number of imidazole rings is 1. The van der Waals surface area contributed by atoms with Crippen LogP contribution in [0.25, 0.3) is 11.2 Å². The molecular formula is C33H34N6O4. The fourth-order valence-electron chi connectivity index (χ4n) is 5.89. The molecule has 1 aliphatic heterocycles. The Morgan fingerprint density at radius 1 is 0.977 bits per heavy atom. The molecule has 1 amide bonds. The summed E-state index contributed by atoms with van der Waals surface area (Å²) in [5.41, 5.74) is 2.38. The van der Waals surface area contributed by atoms with Gasteiger partial charge in [-0.2, -0.15) is 4.98 Å². The van der Waals surface area contributed by atoms with Crippen molar-refractivity contribution in [3.05, 3.63) is 124 Å². The molecule has 1 fully saturated rings. The van der Waals surface area contributed by atoms with E-state index in [1.165, 1.54) is 6.33 Å². The van der Waals surface area contributed by atoms with Gasteiger partial charge < -0.3 is 9.84 Å². The van der Waals surface area contributed by atoms with Gasteiger partial charge in [-0.05, 0) is 16.7 Å². The number of rotatable bonds is 8. The van der Waals surface area contributed by atoms with Crippen molar-refractivity contribution in [3.8, 4) is 0 Å². The third-order valence-electron chi connectivity index (χ3n) is 7.91. The number of morpholine rings is 1. The van der Waals surface area contributed by atoms with E-state index in [-0.39, 0.29) is 35.5 Å². The summed E-state index contributed by atoms with van der Waals surface area (Å²) in [6.07, 6.45) is 0.321. The largest absolute Gasteiger partial charge is 0.394 e. The standard InChI is InChI=1S/C33H34N6O4/c1-22(2)30(41)36-32-35-29-28(31(42)37-32)34-21-39(29)27-19-38(18-26(20-40)43-27)33(23-12-6-3-7-13-23,24-14-8-4-9-15-24)25-16-10-5-11-17-25/h3-17,21-22,26-27,40H,18-20H2,1-2H3,(H2,35,36,37,41,42). The van der Waals surface area contributed by atoms with Crippen LogP contribution in [-0.4, -0.2) is 61.2 Å². The number of nitrogens with zero attached hydrogens (tertiary/aromatic N) is 4. The van der Waals surface area contributed by atoms with Crippen LogP contribution in [0.15, 0.2) is 102 Å². The van der Waals surface area contributed by atoms with E-state index in [4.69, 9.17) is 4.74 Å². The van der Waals surface area contributed by atoms with Gasteiger partial charge >= 0.3 is 0 Å². The molecule has 1 saturated heterocycles. The van der Waals surface area contributed by atoms with Crippen LogP contribution >= 0.6 is 0 Å². The lowest BCUT2D eigenvalue weighted by molar-refractivity contribution is -0.148. The summed E-state index contributed by atoms with van der Waals surface area (Å²) in [6.45, 7) is 4.12. The molecule has 1 aliphatic rings. The number of aromatic nitrogens is 4. The fraction of sp³-hybridized carbons (Fsp3) is 0.273. The number of carbonyl (C=O) groups excluding carboxylic acids is 1. The van der Waals surface area contributed by atoms with Crippen LogP contribution in [0.4, 0.5) is 5.95 Å². The highest BCUT2D eigenvalue weighted by Gasteiger charge is 2.46. The first-order valence-corrected chi connectivity index (χ1v) is 14.4. The van der Waals surface area contributed by atoms with Crippen LogP contribution in [0.3, 0.4) is 0 Å². The molecule has 2 aromatic heterocycles. The number of fused-ring (bicyclic) bond motifs is 1. The summed E-state index contributed by atoms with van der Waals surface area (Å²) in [6, 6.07) is 30.9. The third kappa shape index (κ3) is 5.25. The van der Waals surface area contributed by atoms with Crippen molar-refractivity contribution in [2.75, 3.05) is 25.0 Å². The van der Waals surface area contributed by atoms with Crippen LogP contribution in [0.1, 0.15) is 36.8 Å². The highest BCUT2D eigenvalue weighted by atomic mass is 16.5. The zero-order valence-corrected chi connectivity index (χ0v) is 24.1. The van der Waals surface area contributed by atoms with Crippen LogP contribution in [0.2, 0.25) is 0 Å². The molecule has 0 saturated carbocycles. The van der Waals surface area contributed by atoms with Gasteiger partial charge in [0.25, 0.3) is 5.56 Å². The average Bonchev–Trinajstić information content (AvgIpc) is 3.47. The van der Waals surface area contributed by atoms with Crippen molar-refractivity contribution < 1.29 is 14.6 Å². The normalized spacial score (nSPS) is 17.8. The molecule has 3 N–H and O–H groups in total. The van der Waals surface area contributed by atoms with Gasteiger partial charge in [0, 0.05) is 19.0 Å². The topological polar surface area (TPSA) is 125 Å². The number of aliphatic hydroxyl groups excluding tert-OH is 1. The molecule has 0 radical (unpaired) electrons. The Kier molecular flexibility index (Phi) is 7.90. The number of benzene rings is 3. The zero-order chi connectivity index (χ0) is 30.0. The van der Waals surface area contributed by atoms with Crippen molar-refractivity contribution in [2.24, 2.45) is 5.92 Å². The van der Waals surface area contributed by atoms with Crippen LogP contribution in [0, 0.1) is 5.92 Å². The first-order chi connectivity index (χ1) is 20.9. The molecule has 0 bridgehead atoms. The van der Waals surface area contributed by atoms with Crippen molar-refractivity contribution in [2.45, 2.75) is 31.7 Å². The number of hydrogen-bond donors (Lipinski definition) is 3. The van der Waals surface area contributed by atoms with Gasteiger partial charge in [-0.15, -0.1) is 0 Å². The minimum atomic E-state index is -0.739. The van der Waals surface area contributed by atoms with E-state index in [2.05, 4.69) is 61.6 Å². The predicted octanol–water partition coefficient (Wildman–Crippen LogP) is 3.90. The number of hydrogen-bond acceptors (Lipinski definition) is 7. The Hall–Kier alpha value is -4.64. The quantitative estimate of drug-likeness (QED) is 0.239. The summed E-state index contributed by atoms with van der Waals surface area (Å²) in [4.78, 5) is 39.1. The second kappa shape index (κ2) is 11.9. The fourth-order valence-corrected chi connectivity index (χ4v) is 5.89. The first-order valence-electron chi connectivity index (χ1n) is 14.4. The predicted molar refractivity (Wildman–Crippen MR) is 163 cm³/mol. The van der Waals surface area contributed by atoms with Crippen LogP contribution < -0.4 is 10.9 Å². The monoisotopic (exact) mass is 578 g/mol. The average molecular weight is 579 g/mol. The smallest absolute Gasteiger partial charge is 0.280 e. The van der Waals surface area contributed by atoms with E-state index in [9.17, 15) is 14.7 Å². The van der Waals surface area contributed by atoms with E-state index in [1.807, 2.05) is 54.6 Å². The van der Waals surface area contributed by atoms with Crippen molar-refractivity contribution >= 4 is 23.0 Å². The molecule has 43 heavy (non-hydrogen) atoms. The molecule has 3 heterocycles. The lowest BCUT2D eigenvalue weighted by atomic mass is 9.75. The van der Waals surface area contributed by atoms with E-state index in [1.54, 1.807) is 18.4 Å². The molecular weight excluding hydrogens is 544 g/mol. The van der Waals surface area contributed by atoms with Gasteiger partial charge in [0.2, 0.25) is 11.9 Å². The van der Waals surface area contributed by atoms with Gasteiger partial charge in [-0.1, -0.05) is 105 Å². The summed E-state index contributed by atoms with van der Waals surface area (Å²) in [5, 5.41) is 13.1. The second-order valence-electron chi connectivity index (χ2n) is 11.0. The lowest BCUT2D eigenvalue weighted by Gasteiger charge is -2.50. The second-order valence-corrected chi connectivity index (χ2v) is 11.0. The highest BCUT2D eigenvalue weighted by Crippen LogP contribution is 2.44. The first kappa shape index (κ1) is 28.5. The summed E-state index contributed by atoms with van der Waals surface area (Å²) in [5.74, 6) is -0.530. The minimum Gasteiger partial charge on any atom is -0.394 e. The maximum atomic E-state index is 12.9. The molecule has 2 atom stereocenters. The van der Waals surface area contributed by atoms with E-state index in [0.29, 0.717) is 13.1 Å². The molecule has 0 spiro atoms. The number of aromatic amines is 1. The molecule has 10 heteroatoms. The molecule has 2 unspecified atom stereocenters. The van der Waals surface area contributed by atoms with Crippen molar-refractivity contribution in [3.63, 3.8) is 0 Å². The third-order valence-corrected chi connectivity index (χ3v) is 7.91. The van der Waals surface area contributed by atoms with E-state index >= 15 is 0 Å². The lowest BCUT2D eigenvalue weighted by Crippen LogP contribution is -2.57. The summed E-state index contributed by atoms with van der Waals surface area (Å²) < 4.78 is 8.12. The van der Waals surface area contributed by atoms with E-state index < -0.39 is 23.4 Å². The van der Waals surface area contributed by atoms with Gasteiger partial charge in [-0.25, -0.2) is 4.98 Å². The number of H-pyrrole nitrogens is 1. The molecule has 10 nitrogen and oxygen atoms in total. The maximum absolute atomic E-state index is 12.9.